The van der Waals surface area contributed by atoms with Crippen LogP contribution in [0.4, 0.5) is 5.69 Å². The molecule has 0 saturated carbocycles. The Morgan fingerprint density at radius 2 is 2.07 bits per heavy atom. The Balaban J connectivity index is 2.49. The standard InChI is InChI=1S/C12H15NS/c1-3-4-10(2)14-9-11-5-7-12(13)8-6-11/h3-8H,1,9,13H2,2H3/b10-4-. The summed E-state index contributed by atoms with van der Waals surface area (Å²) in [6, 6.07) is 7.98. The highest BCUT2D eigenvalue weighted by atomic mass is 32.2. The van der Waals surface area contributed by atoms with E-state index in [2.05, 4.69) is 25.6 Å². The second-order valence-corrected chi connectivity index (χ2v) is 4.26. The van der Waals surface area contributed by atoms with Crippen LogP contribution in [0.5, 0.6) is 0 Å². The molecule has 0 amide bonds. The highest BCUT2D eigenvalue weighted by Gasteiger charge is 1.94. The quantitative estimate of drug-likeness (QED) is 0.600. The van der Waals surface area contributed by atoms with Crippen LogP contribution in [-0.4, -0.2) is 0 Å². The van der Waals surface area contributed by atoms with E-state index >= 15 is 0 Å². The maximum atomic E-state index is 5.60. The molecule has 0 aliphatic heterocycles. The summed E-state index contributed by atoms with van der Waals surface area (Å²) in [5.41, 5.74) is 7.71. The lowest BCUT2D eigenvalue weighted by Crippen LogP contribution is -1.85. The summed E-state index contributed by atoms with van der Waals surface area (Å²) >= 11 is 1.81. The maximum Gasteiger partial charge on any atom is 0.0314 e. The van der Waals surface area contributed by atoms with Gasteiger partial charge in [0.1, 0.15) is 0 Å². The zero-order chi connectivity index (χ0) is 10.4. The van der Waals surface area contributed by atoms with Crippen molar-refractivity contribution in [2.75, 3.05) is 5.73 Å². The highest BCUT2D eigenvalue weighted by molar-refractivity contribution is 8.02. The first-order valence-corrected chi connectivity index (χ1v) is 5.47. The second kappa shape index (κ2) is 5.55. The predicted molar refractivity (Wildman–Crippen MR) is 66.1 cm³/mol. The Morgan fingerprint density at radius 3 is 2.64 bits per heavy atom. The van der Waals surface area contributed by atoms with Crippen molar-refractivity contribution in [3.8, 4) is 0 Å². The van der Waals surface area contributed by atoms with Crippen molar-refractivity contribution >= 4 is 17.4 Å². The summed E-state index contributed by atoms with van der Waals surface area (Å²) < 4.78 is 0. The van der Waals surface area contributed by atoms with Gasteiger partial charge in [-0.25, -0.2) is 0 Å². The number of allylic oxidation sites excluding steroid dienone is 3. The van der Waals surface area contributed by atoms with E-state index in [0.29, 0.717) is 0 Å². The van der Waals surface area contributed by atoms with E-state index in [4.69, 9.17) is 5.73 Å². The molecule has 1 aromatic rings. The van der Waals surface area contributed by atoms with E-state index in [0.717, 1.165) is 11.4 Å². The molecule has 0 aromatic heterocycles. The molecule has 1 aromatic carbocycles. The van der Waals surface area contributed by atoms with Crippen LogP contribution in [-0.2, 0) is 5.75 Å². The van der Waals surface area contributed by atoms with Crippen LogP contribution < -0.4 is 5.73 Å². The van der Waals surface area contributed by atoms with Crippen LogP contribution in [0, 0.1) is 0 Å². The summed E-state index contributed by atoms with van der Waals surface area (Å²) in [6.07, 6.45) is 3.83. The lowest BCUT2D eigenvalue weighted by atomic mass is 10.2. The molecule has 0 aliphatic carbocycles. The highest BCUT2D eigenvalue weighted by Crippen LogP contribution is 2.21. The topological polar surface area (TPSA) is 26.0 Å². The molecule has 1 nitrogen and oxygen atoms in total. The van der Waals surface area contributed by atoms with E-state index in [9.17, 15) is 0 Å². The van der Waals surface area contributed by atoms with Crippen LogP contribution in [0.2, 0.25) is 0 Å². The molecular formula is C12H15NS. The van der Waals surface area contributed by atoms with Gasteiger partial charge >= 0.3 is 0 Å². The molecule has 0 fully saturated rings. The fourth-order valence-electron chi connectivity index (χ4n) is 1.03. The van der Waals surface area contributed by atoms with Gasteiger partial charge in [0.2, 0.25) is 0 Å². The first-order valence-electron chi connectivity index (χ1n) is 4.49. The molecule has 0 saturated heterocycles. The van der Waals surface area contributed by atoms with Crippen LogP contribution in [0.15, 0.2) is 47.9 Å². The van der Waals surface area contributed by atoms with Gasteiger partial charge in [-0.15, -0.1) is 11.8 Å². The third-order valence-electron chi connectivity index (χ3n) is 1.80. The normalized spacial score (nSPS) is 11.4. The fourth-order valence-corrected chi connectivity index (χ4v) is 1.80. The van der Waals surface area contributed by atoms with Gasteiger partial charge in [-0.05, 0) is 29.5 Å². The number of hydrogen-bond donors (Lipinski definition) is 1. The smallest absolute Gasteiger partial charge is 0.0314 e. The first kappa shape index (κ1) is 10.9. The van der Waals surface area contributed by atoms with E-state index in [1.165, 1.54) is 10.5 Å². The summed E-state index contributed by atoms with van der Waals surface area (Å²) in [7, 11) is 0. The van der Waals surface area contributed by atoms with Gasteiger partial charge in [-0.1, -0.05) is 30.9 Å². The summed E-state index contributed by atoms with van der Waals surface area (Å²) in [5.74, 6) is 0.983. The van der Waals surface area contributed by atoms with Crippen molar-refractivity contribution < 1.29 is 0 Å². The molecule has 0 spiro atoms. The van der Waals surface area contributed by atoms with E-state index in [-0.39, 0.29) is 0 Å². The number of rotatable bonds is 4. The van der Waals surface area contributed by atoms with E-state index in [1.807, 2.05) is 36.0 Å². The molecule has 0 aliphatic rings. The average molecular weight is 205 g/mol. The van der Waals surface area contributed by atoms with E-state index in [1.54, 1.807) is 0 Å². The molecule has 0 unspecified atom stereocenters. The van der Waals surface area contributed by atoms with Gasteiger partial charge in [-0.2, -0.15) is 0 Å². The van der Waals surface area contributed by atoms with Crippen LogP contribution in [0.25, 0.3) is 0 Å². The van der Waals surface area contributed by atoms with Crippen molar-refractivity contribution in [3.05, 3.63) is 53.5 Å². The third-order valence-corrected chi connectivity index (χ3v) is 2.87. The Morgan fingerprint density at radius 1 is 1.43 bits per heavy atom. The lowest BCUT2D eigenvalue weighted by Gasteiger charge is -2.01. The third kappa shape index (κ3) is 3.71. The summed E-state index contributed by atoms with van der Waals surface area (Å²) in [4.78, 5) is 1.27. The van der Waals surface area contributed by atoms with Crippen molar-refractivity contribution in [2.24, 2.45) is 0 Å². The predicted octanol–water partition coefficient (Wildman–Crippen LogP) is 3.59. The molecule has 0 atom stereocenters. The second-order valence-electron chi connectivity index (χ2n) is 3.04. The maximum absolute atomic E-state index is 5.60. The first-order chi connectivity index (χ1) is 6.72. The molecule has 0 bridgehead atoms. The van der Waals surface area contributed by atoms with Gasteiger partial charge in [0.15, 0.2) is 0 Å². The fraction of sp³-hybridized carbons (Fsp3) is 0.167. The largest absolute Gasteiger partial charge is 0.399 e. The Labute approximate surface area is 89.7 Å². The molecule has 2 heteroatoms. The average Bonchev–Trinajstić information content (AvgIpc) is 2.17. The van der Waals surface area contributed by atoms with Gasteiger partial charge in [-0.3, -0.25) is 0 Å². The molecule has 0 heterocycles. The van der Waals surface area contributed by atoms with Crippen molar-refractivity contribution in [1.82, 2.24) is 0 Å². The molecule has 14 heavy (non-hydrogen) atoms. The van der Waals surface area contributed by atoms with Gasteiger partial charge in [0.25, 0.3) is 0 Å². The van der Waals surface area contributed by atoms with Gasteiger partial charge < -0.3 is 5.73 Å². The zero-order valence-corrected chi connectivity index (χ0v) is 9.18. The van der Waals surface area contributed by atoms with E-state index < -0.39 is 0 Å². The molecule has 74 valence electrons. The van der Waals surface area contributed by atoms with Crippen LogP contribution in [0.1, 0.15) is 12.5 Å². The zero-order valence-electron chi connectivity index (χ0n) is 8.36. The van der Waals surface area contributed by atoms with Gasteiger partial charge in [0, 0.05) is 11.4 Å². The summed E-state index contributed by atoms with van der Waals surface area (Å²) in [6.45, 7) is 5.75. The minimum atomic E-state index is 0.817. The van der Waals surface area contributed by atoms with Crippen molar-refractivity contribution in [2.45, 2.75) is 12.7 Å². The summed E-state index contributed by atoms with van der Waals surface area (Å²) in [5, 5.41) is 0. The molecule has 0 radical (unpaired) electrons. The number of thioether (sulfide) groups is 1. The van der Waals surface area contributed by atoms with Gasteiger partial charge in [0.05, 0.1) is 0 Å². The minimum Gasteiger partial charge on any atom is -0.399 e. The molecular weight excluding hydrogens is 190 g/mol. The van der Waals surface area contributed by atoms with Crippen LogP contribution >= 0.6 is 11.8 Å². The lowest BCUT2D eigenvalue weighted by molar-refractivity contribution is 1.42. The van der Waals surface area contributed by atoms with Crippen molar-refractivity contribution in [1.29, 1.82) is 0 Å². The van der Waals surface area contributed by atoms with Crippen LogP contribution in [0.3, 0.4) is 0 Å². The Bertz CT molecular complexity index is 325. The monoisotopic (exact) mass is 205 g/mol. The number of benzene rings is 1. The Kier molecular flexibility index (Phi) is 4.33. The number of anilines is 1. The molecule has 1 rings (SSSR count). The Hall–Kier alpha value is -1.15. The minimum absolute atomic E-state index is 0.817. The SMILES string of the molecule is C=C/C=C(/C)SCc1ccc(N)cc1. The number of hydrogen-bond acceptors (Lipinski definition) is 2. The van der Waals surface area contributed by atoms with Crippen molar-refractivity contribution in [3.63, 3.8) is 0 Å². The molecule has 2 N–H and O–H groups in total. The number of nitrogens with two attached hydrogens (primary N) is 1. The number of nitrogen functional groups attached to an aromatic ring is 1.